The van der Waals surface area contributed by atoms with E-state index in [2.05, 4.69) is 5.32 Å². The Morgan fingerprint density at radius 3 is 2.70 bits per heavy atom. The van der Waals surface area contributed by atoms with Gasteiger partial charge in [-0.3, -0.25) is 9.59 Å². The van der Waals surface area contributed by atoms with Crippen LogP contribution >= 0.6 is 0 Å². The Labute approximate surface area is 132 Å². The van der Waals surface area contributed by atoms with Gasteiger partial charge in [0.05, 0.1) is 5.69 Å². The number of rotatable bonds is 3. The van der Waals surface area contributed by atoms with E-state index in [1.54, 1.807) is 23.1 Å². The van der Waals surface area contributed by atoms with Crippen LogP contribution in [0.15, 0.2) is 42.5 Å². The second-order valence-corrected chi connectivity index (χ2v) is 5.07. The van der Waals surface area contributed by atoms with Crippen LogP contribution in [0.2, 0.25) is 0 Å². The third kappa shape index (κ3) is 3.01. The van der Waals surface area contributed by atoms with Crippen LogP contribution in [0.1, 0.15) is 17.3 Å². The molecule has 2 amide bonds. The van der Waals surface area contributed by atoms with E-state index in [1.165, 1.54) is 24.3 Å². The maximum Gasteiger partial charge on any atom is 0.265 e. The molecule has 1 aliphatic heterocycles. The lowest BCUT2D eigenvalue weighted by atomic mass is 10.2. The molecule has 1 N–H and O–H groups in total. The maximum absolute atomic E-state index is 12.9. The number of hydrogen-bond acceptors (Lipinski definition) is 3. The zero-order valence-electron chi connectivity index (χ0n) is 12.5. The van der Waals surface area contributed by atoms with Crippen molar-refractivity contribution in [1.82, 2.24) is 0 Å². The van der Waals surface area contributed by atoms with Gasteiger partial charge in [-0.05, 0) is 43.3 Å². The third-order valence-corrected chi connectivity index (χ3v) is 3.58. The predicted octanol–water partition coefficient (Wildman–Crippen LogP) is 2.82. The van der Waals surface area contributed by atoms with E-state index in [9.17, 15) is 14.0 Å². The fraction of sp³-hybridized carbons (Fsp3) is 0.176. The second-order valence-electron chi connectivity index (χ2n) is 5.07. The highest BCUT2D eigenvalue weighted by atomic mass is 19.1. The quantitative estimate of drug-likeness (QED) is 0.948. The molecule has 1 heterocycles. The first-order valence-electron chi connectivity index (χ1n) is 7.22. The predicted molar refractivity (Wildman–Crippen MR) is 84.3 cm³/mol. The van der Waals surface area contributed by atoms with Crippen LogP contribution in [-0.2, 0) is 4.79 Å². The number of fused-ring (bicyclic) bond motifs is 1. The number of halogens is 1. The highest BCUT2D eigenvalue weighted by Crippen LogP contribution is 2.34. The SMILES string of the molecule is CCN1C(=O)COc2cc(NC(=O)c3ccc(F)cc3)ccc21. The first-order chi connectivity index (χ1) is 11.1. The molecular weight excluding hydrogens is 299 g/mol. The summed E-state index contributed by atoms with van der Waals surface area (Å²) in [5.41, 5.74) is 1.59. The molecule has 0 saturated heterocycles. The van der Waals surface area contributed by atoms with Crippen molar-refractivity contribution in [2.75, 3.05) is 23.4 Å². The van der Waals surface area contributed by atoms with Crippen LogP contribution in [0.3, 0.4) is 0 Å². The number of likely N-dealkylation sites (N-methyl/N-ethyl adjacent to an activating group) is 1. The molecule has 0 aromatic heterocycles. The van der Waals surface area contributed by atoms with Crippen molar-refractivity contribution in [3.63, 3.8) is 0 Å². The summed E-state index contributed by atoms with van der Waals surface area (Å²) < 4.78 is 18.3. The summed E-state index contributed by atoms with van der Waals surface area (Å²) in [6, 6.07) is 10.4. The molecule has 0 aliphatic carbocycles. The minimum absolute atomic E-state index is 0.0177. The van der Waals surface area contributed by atoms with Gasteiger partial charge in [-0.1, -0.05) is 0 Å². The van der Waals surface area contributed by atoms with Crippen molar-refractivity contribution in [1.29, 1.82) is 0 Å². The van der Waals surface area contributed by atoms with Gasteiger partial charge in [0.15, 0.2) is 6.61 Å². The Bertz CT molecular complexity index is 759. The number of anilines is 2. The van der Waals surface area contributed by atoms with Gasteiger partial charge < -0.3 is 15.0 Å². The minimum Gasteiger partial charge on any atom is -0.481 e. The average molecular weight is 314 g/mol. The molecule has 23 heavy (non-hydrogen) atoms. The van der Waals surface area contributed by atoms with Crippen molar-refractivity contribution in [2.45, 2.75) is 6.92 Å². The summed E-state index contributed by atoms with van der Waals surface area (Å²) in [6.07, 6.45) is 0. The highest BCUT2D eigenvalue weighted by Gasteiger charge is 2.24. The van der Waals surface area contributed by atoms with Gasteiger partial charge >= 0.3 is 0 Å². The average Bonchev–Trinajstić information content (AvgIpc) is 2.55. The molecule has 118 valence electrons. The normalized spacial score (nSPS) is 13.3. The lowest BCUT2D eigenvalue weighted by Crippen LogP contribution is -2.38. The minimum atomic E-state index is -0.395. The summed E-state index contributed by atoms with van der Waals surface area (Å²) in [6.45, 7) is 2.42. The first-order valence-corrected chi connectivity index (χ1v) is 7.22. The molecule has 0 atom stereocenters. The van der Waals surface area contributed by atoms with Crippen LogP contribution in [0.5, 0.6) is 5.75 Å². The van der Waals surface area contributed by atoms with Gasteiger partial charge in [-0.15, -0.1) is 0 Å². The fourth-order valence-electron chi connectivity index (χ4n) is 2.43. The first kappa shape index (κ1) is 15.0. The van der Waals surface area contributed by atoms with Crippen molar-refractivity contribution in [2.24, 2.45) is 0 Å². The third-order valence-electron chi connectivity index (χ3n) is 3.58. The number of carbonyl (C=O) groups excluding carboxylic acids is 2. The number of nitrogens with zero attached hydrogens (tertiary/aromatic N) is 1. The van der Waals surface area contributed by atoms with Crippen LogP contribution in [0, 0.1) is 5.82 Å². The maximum atomic E-state index is 12.9. The van der Waals surface area contributed by atoms with Gasteiger partial charge in [0.1, 0.15) is 11.6 Å². The number of nitrogens with one attached hydrogen (secondary N) is 1. The van der Waals surface area contributed by atoms with Gasteiger partial charge in [-0.2, -0.15) is 0 Å². The molecule has 6 heteroatoms. The van der Waals surface area contributed by atoms with Crippen molar-refractivity contribution >= 4 is 23.2 Å². The summed E-state index contributed by atoms with van der Waals surface area (Å²) in [7, 11) is 0. The Balaban J connectivity index is 1.81. The monoisotopic (exact) mass is 314 g/mol. The second kappa shape index (κ2) is 6.08. The fourth-order valence-corrected chi connectivity index (χ4v) is 2.43. The van der Waals surface area contributed by atoms with Crippen molar-refractivity contribution in [3.8, 4) is 5.75 Å². The van der Waals surface area contributed by atoms with E-state index < -0.39 is 5.82 Å². The van der Waals surface area contributed by atoms with E-state index in [4.69, 9.17) is 4.74 Å². The number of ether oxygens (including phenoxy) is 1. The standard InChI is InChI=1S/C17H15FN2O3/c1-2-20-14-8-7-13(9-15(14)23-10-16(20)21)19-17(22)11-3-5-12(18)6-4-11/h3-9H,2,10H2,1H3,(H,19,22). The summed E-state index contributed by atoms with van der Waals surface area (Å²) in [4.78, 5) is 25.5. The Kier molecular flexibility index (Phi) is 3.97. The van der Waals surface area contributed by atoms with Crippen LogP contribution in [0.4, 0.5) is 15.8 Å². The molecular formula is C17H15FN2O3. The Morgan fingerprint density at radius 1 is 1.26 bits per heavy atom. The molecule has 0 radical (unpaired) electrons. The number of hydrogen-bond donors (Lipinski definition) is 1. The zero-order chi connectivity index (χ0) is 16.4. The van der Waals surface area contributed by atoms with Gasteiger partial charge in [0.25, 0.3) is 11.8 Å². The number of carbonyl (C=O) groups is 2. The molecule has 0 saturated carbocycles. The smallest absolute Gasteiger partial charge is 0.265 e. The molecule has 1 aliphatic rings. The number of benzene rings is 2. The molecule has 0 bridgehead atoms. The van der Waals surface area contributed by atoms with E-state index >= 15 is 0 Å². The molecule has 3 rings (SSSR count). The van der Waals surface area contributed by atoms with Gasteiger partial charge in [0, 0.05) is 23.9 Å². The van der Waals surface area contributed by atoms with E-state index in [1.807, 2.05) is 6.92 Å². The van der Waals surface area contributed by atoms with Crippen LogP contribution < -0.4 is 15.0 Å². The lowest BCUT2D eigenvalue weighted by molar-refractivity contribution is -0.121. The molecule has 0 spiro atoms. The Morgan fingerprint density at radius 2 is 2.00 bits per heavy atom. The lowest BCUT2D eigenvalue weighted by Gasteiger charge is -2.28. The van der Waals surface area contributed by atoms with Gasteiger partial charge in [-0.25, -0.2) is 4.39 Å². The topological polar surface area (TPSA) is 58.6 Å². The highest BCUT2D eigenvalue weighted by molar-refractivity contribution is 6.05. The number of amides is 2. The van der Waals surface area contributed by atoms with Crippen LogP contribution in [0.25, 0.3) is 0 Å². The van der Waals surface area contributed by atoms with E-state index in [-0.39, 0.29) is 18.4 Å². The Hall–Kier alpha value is -2.89. The molecule has 2 aromatic carbocycles. The zero-order valence-corrected chi connectivity index (χ0v) is 12.5. The molecule has 2 aromatic rings. The summed E-state index contributed by atoms with van der Waals surface area (Å²) in [5.74, 6) is -0.288. The van der Waals surface area contributed by atoms with E-state index in [0.717, 1.165) is 0 Å². The largest absolute Gasteiger partial charge is 0.481 e. The van der Waals surface area contributed by atoms with Gasteiger partial charge in [0.2, 0.25) is 0 Å². The van der Waals surface area contributed by atoms with Crippen LogP contribution in [-0.4, -0.2) is 25.0 Å². The molecule has 5 nitrogen and oxygen atoms in total. The summed E-state index contributed by atoms with van der Waals surface area (Å²) in [5, 5.41) is 2.73. The van der Waals surface area contributed by atoms with E-state index in [0.29, 0.717) is 29.2 Å². The molecule has 0 unspecified atom stereocenters. The summed E-state index contributed by atoms with van der Waals surface area (Å²) >= 11 is 0. The molecule has 0 fully saturated rings. The van der Waals surface area contributed by atoms with Crippen molar-refractivity contribution in [3.05, 3.63) is 53.8 Å². The van der Waals surface area contributed by atoms with Crippen molar-refractivity contribution < 1.29 is 18.7 Å².